The molecule has 2 atom stereocenters. The fourth-order valence-corrected chi connectivity index (χ4v) is 2.03. The van der Waals surface area contributed by atoms with Gasteiger partial charge < -0.3 is 4.90 Å². The monoisotopic (exact) mass is 169 g/mol. The van der Waals surface area contributed by atoms with Gasteiger partial charge in [0, 0.05) is 13.1 Å². The van der Waals surface area contributed by atoms with Crippen molar-refractivity contribution >= 4 is 0 Å². The number of hydrogen-bond donors (Lipinski definition) is 0. The van der Waals surface area contributed by atoms with Crippen molar-refractivity contribution in [2.45, 2.75) is 34.1 Å². The van der Waals surface area contributed by atoms with E-state index in [1.54, 1.807) is 0 Å². The Morgan fingerprint density at radius 2 is 1.92 bits per heavy atom. The molecular formula is C11H23N. The van der Waals surface area contributed by atoms with Gasteiger partial charge in [0.1, 0.15) is 0 Å². The Labute approximate surface area is 77.1 Å². The Hall–Kier alpha value is -0.0400. The minimum absolute atomic E-state index is 0.825. The summed E-state index contributed by atoms with van der Waals surface area (Å²) in [5.74, 6) is 2.66. The Balaban J connectivity index is 2.30. The summed E-state index contributed by atoms with van der Waals surface area (Å²) in [7, 11) is 0. The summed E-state index contributed by atoms with van der Waals surface area (Å²) in [4.78, 5) is 2.62. The van der Waals surface area contributed by atoms with Gasteiger partial charge in [0.25, 0.3) is 0 Å². The smallest absolute Gasteiger partial charge is 0.000968 e. The minimum atomic E-state index is 0.825. The van der Waals surface area contributed by atoms with Crippen molar-refractivity contribution < 1.29 is 0 Å². The quantitative estimate of drug-likeness (QED) is 0.614. The average Bonchev–Trinajstić information content (AvgIpc) is 1.96. The number of piperidine rings is 1. The molecule has 1 rings (SSSR count). The molecule has 0 bridgehead atoms. The molecule has 0 saturated carbocycles. The highest BCUT2D eigenvalue weighted by Crippen LogP contribution is 2.22. The van der Waals surface area contributed by atoms with Gasteiger partial charge in [0.2, 0.25) is 0 Å². The van der Waals surface area contributed by atoms with Crippen molar-refractivity contribution in [3.63, 3.8) is 0 Å². The molecule has 1 heteroatoms. The first kappa shape index (κ1) is 10.0. The van der Waals surface area contributed by atoms with Crippen molar-refractivity contribution in [3.8, 4) is 0 Å². The van der Waals surface area contributed by atoms with Gasteiger partial charge in [-0.2, -0.15) is 0 Å². The van der Waals surface area contributed by atoms with Crippen LogP contribution in [0.5, 0.6) is 0 Å². The van der Waals surface area contributed by atoms with Crippen LogP contribution in [0, 0.1) is 17.8 Å². The van der Waals surface area contributed by atoms with Gasteiger partial charge in [0.15, 0.2) is 0 Å². The van der Waals surface area contributed by atoms with Crippen molar-refractivity contribution in [1.29, 1.82) is 0 Å². The standard InChI is InChI=1S/C11H23N/c1-9(2)7-12-6-5-10(3)11(4)8-12/h9-11H,5-8H2,1-4H3. The summed E-state index contributed by atoms with van der Waals surface area (Å²) in [6.07, 6.45) is 1.40. The Kier molecular flexibility index (Phi) is 3.57. The molecule has 1 aliphatic heterocycles. The summed E-state index contributed by atoms with van der Waals surface area (Å²) in [5, 5.41) is 0. The van der Waals surface area contributed by atoms with Crippen LogP contribution in [-0.4, -0.2) is 24.5 Å². The Bertz CT molecular complexity index is 131. The van der Waals surface area contributed by atoms with Gasteiger partial charge in [-0.15, -0.1) is 0 Å². The molecule has 1 nitrogen and oxygen atoms in total. The Morgan fingerprint density at radius 3 is 2.42 bits per heavy atom. The second kappa shape index (κ2) is 4.27. The summed E-state index contributed by atoms with van der Waals surface area (Å²) in [5.41, 5.74) is 0. The minimum Gasteiger partial charge on any atom is -0.303 e. The maximum Gasteiger partial charge on any atom is 0.000968 e. The van der Waals surface area contributed by atoms with E-state index in [0.717, 1.165) is 17.8 Å². The fraction of sp³-hybridized carbons (Fsp3) is 1.00. The van der Waals surface area contributed by atoms with Crippen LogP contribution < -0.4 is 0 Å². The molecule has 0 aromatic carbocycles. The molecule has 0 aliphatic carbocycles. The van der Waals surface area contributed by atoms with Crippen molar-refractivity contribution in [3.05, 3.63) is 0 Å². The summed E-state index contributed by atoms with van der Waals surface area (Å²) in [6, 6.07) is 0. The molecular weight excluding hydrogens is 146 g/mol. The molecule has 12 heavy (non-hydrogen) atoms. The normalized spacial score (nSPS) is 32.8. The van der Waals surface area contributed by atoms with E-state index in [1.165, 1.54) is 26.1 Å². The van der Waals surface area contributed by atoms with E-state index in [0.29, 0.717) is 0 Å². The SMILES string of the molecule is CC(C)CN1CCC(C)C(C)C1. The summed E-state index contributed by atoms with van der Waals surface area (Å²) >= 11 is 0. The van der Waals surface area contributed by atoms with Crippen LogP contribution in [0.25, 0.3) is 0 Å². The van der Waals surface area contributed by atoms with Gasteiger partial charge >= 0.3 is 0 Å². The maximum atomic E-state index is 2.62. The first-order valence-electron chi connectivity index (χ1n) is 5.32. The molecule has 72 valence electrons. The lowest BCUT2D eigenvalue weighted by atomic mass is 9.88. The highest BCUT2D eigenvalue weighted by Gasteiger charge is 2.22. The van der Waals surface area contributed by atoms with Crippen LogP contribution in [0.15, 0.2) is 0 Å². The molecule has 1 saturated heterocycles. The van der Waals surface area contributed by atoms with Gasteiger partial charge in [-0.25, -0.2) is 0 Å². The van der Waals surface area contributed by atoms with Crippen molar-refractivity contribution in [1.82, 2.24) is 4.90 Å². The first-order valence-corrected chi connectivity index (χ1v) is 5.32. The Morgan fingerprint density at radius 1 is 1.25 bits per heavy atom. The van der Waals surface area contributed by atoms with E-state index in [2.05, 4.69) is 32.6 Å². The average molecular weight is 169 g/mol. The highest BCUT2D eigenvalue weighted by molar-refractivity contribution is 4.75. The molecule has 1 fully saturated rings. The zero-order chi connectivity index (χ0) is 9.14. The van der Waals surface area contributed by atoms with Gasteiger partial charge in [0.05, 0.1) is 0 Å². The molecule has 0 aromatic heterocycles. The number of hydrogen-bond acceptors (Lipinski definition) is 1. The molecule has 1 heterocycles. The van der Waals surface area contributed by atoms with Gasteiger partial charge in [-0.05, 0) is 30.7 Å². The third kappa shape index (κ3) is 2.78. The van der Waals surface area contributed by atoms with Crippen molar-refractivity contribution in [2.75, 3.05) is 19.6 Å². The third-order valence-electron chi connectivity index (χ3n) is 3.04. The summed E-state index contributed by atoms with van der Waals surface area (Å²) < 4.78 is 0. The predicted octanol–water partition coefficient (Wildman–Crippen LogP) is 2.62. The number of likely N-dealkylation sites (tertiary alicyclic amines) is 1. The highest BCUT2D eigenvalue weighted by atomic mass is 15.1. The first-order chi connectivity index (χ1) is 5.59. The lowest BCUT2D eigenvalue weighted by molar-refractivity contribution is 0.126. The van der Waals surface area contributed by atoms with Gasteiger partial charge in [-0.1, -0.05) is 27.7 Å². The van der Waals surface area contributed by atoms with E-state index >= 15 is 0 Å². The molecule has 0 N–H and O–H groups in total. The van der Waals surface area contributed by atoms with Crippen LogP contribution >= 0.6 is 0 Å². The van der Waals surface area contributed by atoms with Crippen LogP contribution in [-0.2, 0) is 0 Å². The molecule has 0 radical (unpaired) electrons. The molecule has 0 spiro atoms. The predicted molar refractivity (Wildman–Crippen MR) is 54.2 cm³/mol. The zero-order valence-electron chi connectivity index (χ0n) is 9.01. The third-order valence-corrected chi connectivity index (χ3v) is 3.04. The van der Waals surface area contributed by atoms with Crippen LogP contribution in [0.3, 0.4) is 0 Å². The largest absolute Gasteiger partial charge is 0.303 e. The number of rotatable bonds is 2. The number of nitrogens with zero attached hydrogens (tertiary/aromatic N) is 1. The van der Waals surface area contributed by atoms with Crippen LogP contribution in [0.1, 0.15) is 34.1 Å². The van der Waals surface area contributed by atoms with E-state index in [-0.39, 0.29) is 0 Å². The van der Waals surface area contributed by atoms with Crippen LogP contribution in [0.2, 0.25) is 0 Å². The van der Waals surface area contributed by atoms with E-state index in [4.69, 9.17) is 0 Å². The second-order valence-corrected chi connectivity index (χ2v) is 4.90. The molecule has 0 amide bonds. The maximum absolute atomic E-state index is 2.62. The molecule has 2 unspecified atom stereocenters. The fourth-order valence-electron chi connectivity index (χ4n) is 2.03. The topological polar surface area (TPSA) is 3.24 Å². The second-order valence-electron chi connectivity index (χ2n) is 4.90. The van der Waals surface area contributed by atoms with E-state index < -0.39 is 0 Å². The molecule has 0 aromatic rings. The van der Waals surface area contributed by atoms with Crippen molar-refractivity contribution in [2.24, 2.45) is 17.8 Å². The zero-order valence-corrected chi connectivity index (χ0v) is 9.01. The summed E-state index contributed by atoms with van der Waals surface area (Å²) in [6.45, 7) is 13.3. The van der Waals surface area contributed by atoms with Crippen LogP contribution in [0.4, 0.5) is 0 Å². The van der Waals surface area contributed by atoms with Gasteiger partial charge in [-0.3, -0.25) is 0 Å². The van der Waals surface area contributed by atoms with E-state index in [9.17, 15) is 0 Å². The molecule has 1 aliphatic rings. The van der Waals surface area contributed by atoms with E-state index in [1.807, 2.05) is 0 Å². The lowest BCUT2D eigenvalue weighted by Gasteiger charge is -2.36. The lowest BCUT2D eigenvalue weighted by Crippen LogP contribution is -2.40.